The number of nitrogens with one attached hydrogen (secondary N) is 3. The number of rotatable bonds is 6. The molecule has 8 heteroatoms. The molecule has 0 aliphatic heterocycles. The Kier molecular flexibility index (Phi) is 3.82. The first-order valence-electron chi connectivity index (χ1n) is 6.08. The van der Waals surface area contributed by atoms with Gasteiger partial charge in [-0.1, -0.05) is 13.8 Å². The number of aromatic amines is 1. The van der Waals surface area contributed by atoms with Crippen molar-refractivity contribution in [1.29, 1.82) is 0 Å². The maximum Gasteiger partial charge on any atom is 0.241 e. The van der Waals surface area contributed by atoms with Crippen molar-refractivity contribution in [3.05, 3.63) is 6.20 Å². The van der Waals surface area contributed by atoms with Gasteiger partial charge in [-0.05, 0) is 11.8 Å². The topological polar surface area (TPSA) is 125 Å². The van der Waals surface area contributed by atoms with Gasteiger partial charge >= 0.3 is 0 Å². The largest absolute Gasteiger partial charge is 0.396 e. The van der Waals surface area contributed by atoms with E-state index in [1.165, 1.54) is 0 Å². The van der Waals surface area contributed by atoms with E-state index in [0.29, 0.717) is 30.4 Å². The van der Waals surface area contributed by atoms with Crippen LogP contribution in [0.3, 0.4) is 0 Å². The molecule has 2 aromatic rings. The SMILES string of the molecule is CC(C)(CCO)CNc1nc(NN)nc2[nH]ncc12. The lowest BCUT2D eigenvalue weighted by Gasteiger charge is -2.24. The molecule has 0 amide bonds. The molecule has 2 aromatic heterocycles. The number of hydrazine groups is 1. The molecule has 0 radical (unpaired) electrons. The van der Waals surface area contributed by atoms with Gasteiger partial charge in [0.2, 0.25) is 5.95 Å². The molecule has 0 unspecified atom stereocenters. The zero-order valence-electron chi connectivity index (χ0n) is 11.1. The van der Waals surface area contributed by atoms with Gasteiger partial charge in [-0.15, -0.1) is 0 Å². The number of anilines is 2. The van der Waals surface area contributed by atoms with E-state index in [4.69, 9.17) is 10.9 Å². The van der Waals surface area contributed by atoms with Crippen LogP contribution in [0.25, 0.3) is 11.0 Å². The summed E-state index contributed by atoms with van der Waals surface area (Å²) in [7, 11) is 0. The predicted octanol–water partition coefficient (Wildman–Crippen LogP) is 0.459. The summed E-state index contributed by atoms with van der Waals surface area (Å²) in [6.07, 6.45) is 2.37. The smallest absolute Gasteiger partial charge is 0.241 e. The summed E-state index contributed by atoms with van der Waals surface area (Å²) in [5, 5.41) is 19.8. The summed E-state index contributed by atoms with van der Waals surface area (Å²) >= 11 is 0. The molecule has 8 nitrogen and oxygen atoms in total. The number of nitrogens with zero attached hydrogens (tertiary/aromatic N) is 3. The van der Waals surface area contributed by atoms with Crippen molar-refractivity contribution in [2.45, 2.75) is 20.3 Å². The third kappa shape index (κ3) is 3.09. The van der Waals surface area contributed by atoms with Gasteiger partial charge in [-0.3, -0.25) is 10.5 Å². The maximum atomic E-state index is 9.03. The van der Waals surface area contributed by atoms with Crippen molar-refractivity contribution in [2.75, 3.05) is 23.9 Å². The quantitative estimate of drug-likeness (QED) is 0.379. The van der Waals surface area contributed by atoms with Crippen LogP contribution in [0.4, 0.5) is 11.8 Å². The van der Waals surface area contributed by atoms with Crippen molar-refractivity contribution in [3.8, 4) is 0 Å². The molecule has 0 saturated carbocycles. The van der Waals surface area contributed by atoms with E-state index in [2.05, 4.69) is 44.8 Å². The molecule has 0 atom stereocenters. The lowest BCUT2D eigenvalue weighted by atomic mass is 9.90. The summed E-state index contributed by atoms with van der Waals surface area (Å²) in [5.41, 5.74) is 3.00. The van der Waals surface area contributed by atoms with Crippen LogP contribution in [0.1, 0.15) is 20.3 Å². The highest BCUT2D eigenvalue weighted by Gasteiger charge is 2.18. The molecule has 2 rings (SSSR count). The van der Waals surface area contributed by atoms with Crippen molar-refractivity contribution < 1.29 is 5.11 Å². The summed E-state index contributed by atoms with van der Waals surface area (Å²) in [4.78, 5) is 8.42. The second kappa shape index (κ2) is 5.37. The molecule has 2 heterocycles. The van der Waals surface area contributed by atoms with Crippen LogP contribution in [-0.2, 0) is 0 Å². The fraction of sp³-hybridized carbons (Fsp3) is 0.545. The third-order valence-corrected chi connectivity index (χ3v) is 2.96. The molecule has 0 bridgehead atoms. The zero-order chi connectivity index (χ0) is 13.9. The summed E-state index contributed by atoms with van der Waals surface area (Å²) in [6, 6.07) is 0. The number of aliphatic hydroxyl groups excluding tert-OH is 1. The van der Waals surface area contributed by atoms with Gasteiger partial charge < -0.3 is 10.4 Å². The van der Waals surface area contributed by atoms with E-state index in [1.54, 1.807) is 6.20 Å². The van der Waals surface area contributed by atoms with Crippen LogP contribution >= 0.6 is 0 Å². The van der Waals surface area contributed by atoms with E-state index in [-0.39, 0.29) is 12.0 Å². The average Bonchev–Trinajstić information content (AvgIpc) is 2.83. The van der Waals surface area contributed by atoms with Crippen molar-refractivity contribution in [3.63, 3.8) is 0 Å². The Balaban J connectivity index is 2.22. The number of nitrogen functional groups attached to an aromatic ring is 1. The first-order chi connectivity index (χ1) is 9.05. The van der Waals surface area contributed by atoms with Gasteiger partial charge in [0.25, 0.3) is 0 Å². The molecule has 0 spiro atoms. The van der Waals surface area contributed by atoms with Gasteiger partial charge in [-0.2, -0.15) is 15.1 Å². The number of hydrogen-bond acceptors (Lipinski definition) is 7. The number of H-pyrrole nitrogens is 1. The molecule has 0 saturated heterocycles. The van der Waals surface area contributed by atoms with Crippen LogP contribution in [0, 0.1) is 5.41 Å². The molecule has 0 aromatic carbocycles. The first kappa shape index (κ1) is 13.5. The van der Waals surface area contributed by atoms with Crippen LogP contribution in [-0.4, -0.2) is 38.4 Å². The highest BCUT2D eigenvalue weighted by atomic mass is 16.3. The average molecular weight is 265 g/mol. The molecular formula is C11H19N7O. The van der Waals surface area contributed by atoms with E-state index < -0.39 is 0 Å². The van der Waals surface area contributed by atoms with Crippen LogP contribution in [0.2, 0.25) is 0 Å². The van der Waals surface area contributed by atoms with Crippen molar-refractivity contribution in [2.24, 2.45) is 11.3 Å². The van der Waals surface area contributed by atoms with Gasteiger partial charge in [0.15, 0.2) is 5.65 Å². The minimum absolute atomic E-state index is 0.0356. The third-order valence-electron chi connectivity index (χ3n) is 2.96. The molecule has 0 fully saturated rings. The Hall–Kier alpha value is -1.93. The Morgan fingerprint density at radius 1 is 1.42 bits per heavy atom. The van der Waals surface area contributed by atoms with Gasteiger partial charge in [0.05, 0.1) is 11.6 Å². The Bertz CT molecular complexity index is 551. The normalized spacial score (nSPS) is 11.8. The highest BCUT2D eigenvalue weighted by Crippen LogP contribution is 2.24. The van der Waals surface area contributed by atoms with Crippen molar-refractivity contribution in [1.82, 2.24) is 20.2 Å². The number of nitrogens with two attached hydrogens (primary N) is 1. The number of fused-ring (bicyclic) bond motifs is 1. The lowest BCUT2D eigenvalue weighted by molar-refractivity contribution is 0.220. The maximum absolute atomic E-state index is 9.03. The molecular weight excluding hydrogens is 246 g/mol. The van der Waals surface area contributed by atoms with E-state index in [9.17, 15) is 0 Å². The second-order valence-corrected chi connectivity index (χ2v) is 5.16. The number of aromatic nitrogens is 4. The Labute approximate surface area is 110 Å². The fourth-order valence-corrected chi connectivity index (χ4v) is 1.75. The van der Waals surface area contributed by atoms with Gasteiger partial charge in [-0.25, -0.2) is 5.84 Å². The minimum Gasteiger partial charge on any atom is -0.396 e. The molecule has 6 N–H and O–H groups in total. The van der Waals surface area contributed by atoms with Gasteiger partial charge in [0, 0.05) is 13.2 Å². The van der Waals surface area contributed by atoms with Gasteiger partial charge in [0.1, 0.15) is 5.82 Å². The summed E-state index contributed by atoms with van der Waals surface area (Å²) < 4.78 is 0. The standard InChI is InChI=1S/C11H19N7O/c1-11(2,3-4-19)6-13-8-7-5-14-18-9(7)16-10(15-8)17-12/h5,19H,3-4,6,12H2,1-2H3,(H3,13,14,15,16,17,18). The molecule has 0 aliphatic rings. The van der Waals surface area contributed by atoms with E-state index in [0.717, 1.165) is 5.39 Å². The molecule has 19 heavy (non-hydrogen) atoms. The summed E-state index contributed by atoms with van der Waals surface area (Å²) in [5.74, 6) is 6.32. The lowest BCUT2D eigenvalue weighted by Crippen LogP contribution is -2.25. The Morgan fingerprint density at radius 3 is 2.89 bits per heavy atom. The van der Waals surface area contributed by atoms with Crippen LogP contribution < -0.4 is 16.6 Å². The number of hydrogen-bond donors (Lipinski definition) is 5. The molecule has 104 valence electrons. The zero-order valence-corrected chi connectivity index (χ0v) is 11.1. The predicted molar refractivity (Wildman–Crippen MR) is 73.5 cm³/mol. The van der Waals surface area contributed by atoms with Crippen LogP contribution in [0.5, 0.6) is 0 Å². The fourth-order valence-electron chi connectivity index (χ4n) is 1.75. The Morgan fingerprint density at radius 2 is 2.21 bits per heavy atom. The monoisotopic (exact) mass is 265 g/mol. The summed E-state index contributed by atoms with van der Waals surface area (Å²) in [6.45, 7) is 4.99. The van der Waals surface area contributed by atoms with E-state index in [1.807, 2.05) is 0 Å². The molecule has 0 aliphatic carbocycles. The van der Waals surface area contributed by atoms with E-state index >= 15 is 0 Å². The van der Waals surface area contributed by atoms with Crippen LogP contribution in [0.15, 0.2) is 6.20 Å². The first-order valence-corrected chi connectivity index (χ1v) is 6.08. The number of aliphatic hydroxyl groups is 1. The second-order valence-electron chi connectivity index (χ2n) is 5.16. The van der Waals surface area contributed by atoms with Crippen molar-refractivity contribution >= 4 is 22.8 Å². The highest BCUT2D eigenvalue weighted by molar-refractivity contribution is 5.86. The minimum atomic E-state index is -0.0356.